The first kappa shape index (κ1) is 24.8. The molecule has 0 radical (unpaired) electrons. The molecule has 1 aliphatic rings. The number of aromatic nitrogens is 6. The van der Waals surface area contributed by atoms with Gasteiger partial charge in [0, 0.05) is 32.0 Å². The molecule has 10 heteroatoms. The number of amides is 1. The summed E-state index contributed by atoms with van der Waals surface area (Å²) in [7, 11) is 0. The number of ether oxygens (including phenoxy) is 1. The van der Waals surface area contributed by atoms with Gasteiger partial charge in [-0.15, -0.1) is 0 Å². The molecule has 3 unspecified atom stereocenters. The van der Waals surface area contributed by atoms with E-state index in [1.807, 2.05) is 67.5 Å². The van der Waals surface area contributed by atoms with Crippen molar-refractivity contribution in [1.29, 1.82) is 0 Å². The van der Waals surface area contributed by atoms with Gasteiger partial charge in [0.1, 0.15) is 18.0 Å². The third kappa shape index (κ3) is 5.29. The molecule has 1 saturated heterocycles. The zero-order valence-corrected chi connectivity index (χ0v) is 21.6. The monoisotopic (exact) mass is 500 g/mol. The van der Waals surface area contributed by atoms with Crippen molar-refractivity contribution in [2.24, 2.45) is 0 Å². The molecule has 192 valence electrons. The lowest BCUT2D eigenvalue weighted by molar-refractivity contribution is -0.143. The molecule has 10 nitrogen and oxygen atoms in total. The largest absolute Gasteiger partial charge is 0.372 e. The van der Waals surface area contributed by atoms with Crippen molar-refractivity contribution in [3.63, 3.8) is 0 Å². The second-order valence-corrected chi connectivity index (χ2v) is 9.46. The van der Waals surface area contributed by atoms with Gasteiger partial charge in [-0.25, -0.2) is 24.9 Å². The Labute approximate surface area is 216 Å². The SMILES string of the molecule is CCn1c(-c2cnc(C)nc2)nc2c(NC(CC(=O)N3CC(C)OC(C)C3)c3ccccc3)ncnc21. The zero-order valence-electron chi connectivity index (χ0n) is 21.6. The number of carbonyl (C=O) groups is 1. The molecular formula is C27H32N8O2. The highest BCUT2D eigenvalue weighted by Gasteiger charge is 2.28. The van der Waals surface area contributed by atoms with E-state index in [0.29, 0.717) is 42.4 Å². The first-order valence-electron chi connectivity index (χ1n) is 12.7. The van der Waals surface area contributed by atoms with Crippen LogP contribution in [0.3, 0.4) is 0 Å². The number of aryl methyl sites for hydroxylation is 2. The lowest BCUT2D eigenvalue weighted by Gasteiger charge is -2.36. The Kier molecular flexibility index (Phi) is 7.09. The fraction of sp³-hybridized carbons (Fsp3) is 0.407. The third-order valence-electron chi connectivity index (χ3n) is 6.55. The van der Waals surface area contributed by atoms with Crippen molar-refractivity contribution in [2.75, 3.05) is 18.4 Å². The van der Waals surface area contributed by atoms with Gasteiger partial charge in [-0.2, -0.15) is 0 Å². The molecule has 4 aromatic rings. The van der Waals surface area contributed by atoms with Gasteiger partial charge in [0.15, 0.2) is 17.0 Å². The Morgan fingerprint density at radius 1 is 1.08 bits per heavy atom. The summed E-state index contributed by atoms with van der Waals surface area (Å²) < 4.78 is 7.84. The van der Waals surface area contributed by atoms with Crippen LogP contribution < -0.4 is 5.32 Å². The van der Waals surface area contributed by atoms with Gasteiger partial charge in [0.2, 0.25) is 5.91 Å². The standard InChI is InChI=1S/C27H32N8O2/c1-5-35-26(21-12-28-19(4)29-13-21)33-24-25(30-16-31-27(24)35)32-22(20-9-7-6-8-10-20)11-23(36)34-14-17(2)37-18(3)15-34/h6-10,12-13,16-18,22H,5,11,14-15H2,1-4H3,(H,30,31,32). The highest BCUT2D eigenvalue weighted by molar-refractivity contribution is 5.87. The van der Waals surface area contributed by atoms with Gasteiger partial charge in [0.05, 0.1) is 30.2 Å². The van der Waals surface area contributed by atoms with Crippen LogP contribution in [0.1, 0.15) is 44.6 Å². The summed E-state index contributed by atoms with van der Waals surface area (Å²) in [6, 6.07) is 9.67. The highest BCUT2D eigenvalue weighted by atomic mass is 16.5. The Morgan fingerprint density at radius 2 is 1.78 bits per heavy atom. The van der Waals surface area contributed by atoms with Gasteiger partial charge in [-0.1, -0.05) is 30.3 Å². The first-order chi connectivity index (χ1) is 17.9. The maximum Gasteiger partial charge on any atom is 0.225 e. The topological polar surface area (TPSA) is 111 Å². The van der Waals surface area contributed by atoms with Crippen molar-refractivity contribution >= 4 is 22.9 Å². The van der Waals surface area contributed by atoms with Crippen LogP contribution in [0, 0.1) is 6.92 Å². The number of fused-ring (bicyclic) bond motifs is 1. The van der Waals surface area contributed by atoms with Crippen LogP contribution in [0.5, 0.6) is 0 Å². The van der Waals surface area contributed by atoms with E-state index in [2.05, 4.69) is 25.3 Å². The molecule has 1 amide bonds. The average Bonchev–Trinajstić information content (AvgIpc) is 3.28. The lowest BCUT2D eigenvalue weighted by Crippen LogP contribution is -2.48. The van der Waals surface area contributed by atoms with E-state index < -0.39 is 0 Å². The maximum atomic E-state index is 13.4. The lowest BCUT2D eigenvalue weighted by atomic mass is 10.0. The highest BCUT2D eigenvalue weighted by Crippen LogP contribution is 2.30. The number of nitrogens with zero attached hydrogens (tertiary/aromatic N) is 7. The smallest absolute Gasteiger partial charge is 0.225 e. The molecule has 0 spiro atoms. The summed E-state index contributed by atoms with van der Waals surface area (Å²) in [6.45, 7) is 9.75. The van der Waals surface area contributed by atoms with E-state index in [9.17, 15) is 4.79 Å². The molecule has 37 heavy (non-hydrogen) atoms. The number of hydrogen-bond donors (Lipinski definition) is 1. The number of carbonyl (C=O) groups excluding carboxylic acids is 1. The molecular weight excluding hydrogens is 468 g/mol. The Balaban J connectivity index is 1.49. The van der Waals surface area contributed by atoms with Crippen LogP contribution in [0.15, 0.2) is 49.1 Å². The van der Waals surface area contributed by atoms with Crippen molar-refractivity contribution < 1.29 is 9.53 Å². The molecule has 3 atom stereocenters. The fourth-order valence-electron chi connectivity index (χ4n) is 4.86. The van der Waals surface area contributed by atoms with Crippen molar-refractivity contribution in [2.45, 2.75) is 58.9 Å². The van der Waals surface area contributed by atoms with Crippen LogP contribution in [-0.2, 0) is 16.1 Å². The van der Waals surface area contributed by atoms with E-state index in [4.69, 9.17) is 9.72 Å². The minimum Gasteiger partial charge on any atom is -0.372 e. The van der Waals surface area contributed by atoms with Crippen molar-refractivity contribution in [3.05, 3.63) is 60.4 Å². The number of morpholine rings is 1. The predicted molar refractivity (Wildman–Crippen MR) is 141 cm³/mol. The predicted octanol–water partition coefficient (Wildman–Crippen LogP) is 3.79. The number of nitrogens with one attached hydrogen (secondary N) is 1. The molecule has 0 saturated carbocycles. The molecule has 5 rings (SSSR count). The van der Waals surface area contributed by atoms with E-state index in [1.165, 1.54) is 6.33 Å². The molecule has 1 aromatic carbocycles. The van der Waals surface area contributed by atoms with E-state index >= 15 is 0 Å². The van der Waals surface area contributed by atoms with Gasteiger partial charge in [-0.3, -0.25) is 4.79 Å². The molecule has 4 heterocycles. The first-order valence-corrected chi connectivity index (χ1v) is 12.7. The fourth-order valence-corrected chi connectivity index (χ4v) is 4.86. The van der Waals surface area contributed by atoms with E-state index in [0.717, 1.165) is 17.0 Å². The molecule has 0 bridgehead atoms. The summed E-state index contributed by atoms with van der Waals surface area (Å²) in [5.41, 5.74) is 3.16. The Bertz CT molecular complexity index is 1360. The Hall–Kier alpha value is -3.92. The summed E-state index contributed by atoms with van der Waals surface area (Å²) >= 11 is 0. The summed E-state index contributed by atoms with van der Waals surface area (Å²) in [6.07, 6.45) is 5.38. The van der Waals surface area contributed by atoms with Gasteiger partial charge < -0.3 is 19.5 Å². The third-order valence-corrected chi connectivity index (χ3v) is 6.55. The van der Waals surface area contributed by atoms with Crippen LogP contribution in [0.4, 0.5) is 5.82 Å². The quantitative estimate of drug-likeness (QED) is 0.408. The molecule has 1 aliphatic heterocycles. The van der Waals surface area contributed by atoms with Gasteiger partial charge in [-0.05, 0) is 33.3 Å². The van der Waals surface area contributed by atoms with Gasteiger partial charge in [0.25, 0.3) is 0 Å². The average molecular weight is 501 g/mol. The maximum absolute atomic E-state index is 13.4. The van der Waals surface area contributed by atoms with E-state index in [1.54, 1.807) is 12.4 Å². The van der Waals surface area contributed by atoms with Crippen LogP contribution in [0.25, 0.3) is 22.6 Å². The Morgan fingerprint density at radius 3 is 2.46 bits per heavy atom. The summed E-state index contributed by atoms with van der Waals surface area (Å²) in [4.78, 5) is 37.9. The number of benzene rings is 1. The minimum absolute atomic E-state index is 0.0134. The summed E-state index contributed by atoms with van der Waals surface area (Å²) in [5, 5.41) is 3.52. The number of hydrogen-bond acceptors (Lipinski definition) is 8. The minimum atomic E-state index is -0.293. The van der Waals surface area contributed by atoms with Crippen molar-refractivity contribution in [3.8, 4) is 11.4 Å². The molecule has 0 aliphatic carbocycles. The van der Waals surface area contributed by atoms with Crippen LogP contribution in [0.2, 0.25) is 0 Å². The zero-order chi connectivity index (χ0) is 25.9. The van der Waals surface area contributed by atoms with Gasteiger partial charge >= 0.3 is 0 Å². The number of imidazole rings is 1. The van der Waals surface area contributed by atoms with E-state index in [-0.39, 0.29) is 30.6 Å². The molecule has 3 aromatic heterocycles. The molecule has 1 N–H and O–H groups in total. The number of rotatable bonds is 7. The van der Waals surface area contributed by atoms with Crippen LogP contribution in [-0.4, -0.2) is 65.6 Å². The molecule has 1 fully saturated rings. The number of anilines is 1. The normalized spacial score (nSPS) is 18.6. The summed E-state index contributed by atoms with van der Waals surface area (Å²) in [5.74, 6) is 2.08. The second-order valence-electron chi connectivity index (χ2n) is 9.46. The van der Waals surface area contributed by atoms with Crippen LogP contribution >= 0.6 is 0 Å². The second kappa shape index (κ2) is 10.6. The van der Waals surface area contributed by atoms with Crippen molar-refractivity contribution in [1.82, 2.24) is 34.4 Å².